The summed E-state index contributed by atoms with van der Waals surface area (Å²) >= 11 is 5.95. The van der Waals surface area contributed by atoms with E-state index in [2.05, 4.69) is 5.32 Å². The van der Waals surface area contributed by atoms with Gasteiger partial charge in [-0.1, -0.05) is 23.7 Å². The third-order valence-corrected chi connectivity index (χ3v) is 5.60. The molecule has 132 valence electrons. The van der Waals surface area contributed by atoms with Gasteiger partial charge in [0.2, 0.25) is 0 Å². The Labute approximate surface area is 151 Å². The molecular weight excluding hydrogens is 364 g/mol. The topological polar surface area (TPSA) is 92.3 Å². The van der Waals surface area contributed by atoms with Gasteiger partial charge in [-0.05, 0) is 49.2 Å². The Morgan fingerprint density at radius 1 is 1.04 bits per heavy atom. The van der Waals surface area contributed by atoms with Crippen LogP contribution in [0.4, 0.5) is 0 Å². The molecule has 0 saturated carbocycles. The highest BCUT2D eigenvalue weighted by molar-refractivity contribution is 7.90. The van der Waals surface area contributed by atoms with Gasteiger partial charge in [0.15, 0.2) is 0 Å². The van der Waals surface area contributed by atoms with Crippen molar-refractivity contribution >= 4 is 33.4 Å². The molecule has 0 bridgehead atoms. The Bertz CT molecular complexity index is 955. The highest BCUT2D eigenvalue weighted by atomic mass is 35.5. The summed E-state index contributed by atoms with van der Waals surface area (Å²) in [6.07, 6.45) is 0. The molecule has 0 aliphatic heterocycles. The summed E-state index contributed by atoms with van der Waals surface area (Å²) in [5, 5.41) is 2.31. The van der Waals surface area contributed by atoms with Gasteiger partial charge in [0.05, 0.1) is 5.02 Å². The molecule has 0 fully saturated rings. The number of amides is 2. The average Bonchev–Trinajstić information content (AvgIpc) is 2.56. The molecule has 0 unspecified atom stereocenters. The molecule has 0 aliphatic carbocycles. The van der Waals surface area contributed by atoms with Crippen LogP contribution in [-0.2, 0) is 10.0 Å². The zero-order valence-corrected chi connectivity index (χ0v) is 15.5. The van der Waals surface area contributed by atoms with Crippen molar-refractivity contribution in [2.45, 2.75) is 18.7 Å². The molecule has 0 heterocycles. The number of benzene rings is 2. The van der Waals surface area contributed by atoms with Crippen LogP contribution in [-0.4, -0.2) is 27.3 Å². The van der Waals surface area contributed by atoms with E-state index in [1.807, 2.05) is 17.7 Å². The van der Waals surface area contributed by atoms with Crippen LogP contribution < -0.4 is 10.0 Å². The van der Waals surface area contributed by atoms with Crippen LogP contribution in [0.3, 0.4) is 0 Å². The van der Waals surface area contributed by atoms with Crippen LogP contribution >= 0.6 is 11.6 Å². The molecule has 0 saturated heterocycles. The number of sulfonamides is 1. The molecule has 2 amide bonds. The molecule has 2 aromatic rings. The summed E-state index contributed by atoms with van der Waals surface area (Å²) in [6, 6.07) is 8.85. The fourth-order valence-electron chi connectivity index (χ4n) is 2.22. The van der Waals surface area contributed by atoms with E-state index in [0.29, 0.717) is 5.56 Å². The molecular formula is C17H17ClN2O4S. The standard InChI is InChI=1S/C17H17ClN2O4S/c1-10-5-4-6-13(11(10)2)17(22)20-25(23,24)15-9-12(16(21)19-3)7-8-14(15)18/h4-9H,1-3H3,(H,19,21)(H,20,22). The van der Waals surface area contributed by atoms with Gasteiger partial charge in [0, 0.05) is 18.2 Å². The second kappa shape index (κ2) is 7.25. The minimum atomic E-state index is -4.24. The normalized spacial score (nSPS) is 11.0. The van der Waals surface area contributed by atoms with Crippen molar-refractivity contribution in [3.8, 4) is 0 Å². The molecule has 0 radical (unpaired) electrons. The number of hydrogen-bond donors (Lipinski definition) is 2. The van der Waals surface area contributed by atoms with E-state index >= 15 is 0 Å². The Kier molecular flexibility index (Phi) is 5.49. The number of hydrogen-bond acceptors (Lipinski definition) is 4. The SMILES string of the molecule is CNC(=O)c1ccc(Cl)c(S(=O)(=O)NC(=O)c2cccc(C)c2C)c1. The Morgan fingerprint density at radius 2 is 1.72 bits per heavy atom. The molecule has 0 aliphatic rings. The lowest BCUT2D eigenvalue weighted by Gasteiger charge is -2.12. The predicted octanol–water partition coefficient (Wildman–Crippen LogP) is 2.44. The van der Waals surface area contributed by atoms with Crippen molar-refractivity contribution in [3.05, 3.63) is 63.7 Å². The molecule has 6 nitrogen and oxygen atoms in total. The van der Waals surface area contributed by atoms with Crippen LogP contribution in [0.1, 0.15) is 31.8 Å². The van der Waals surface area contributed by atoms with Crippen molar-refractivity contribution in [1.82, 2.24) is 10.0 Å². The first-order valence-corrected chi connectivity index (χ1v) is 9.18. The zero-order valence-electron chi connectivity index (χ0n) is 13.9. The van der Waals surface area contributed by atoms with Gasteiger partial charge in [-0.2, -0.15) is 0 Å². The lowest BCUT2D eigenvalue weighted by atomic mass is 10.0. The van der Waals surface area contributed by atoms with Gasteiger partial charge in [0.25, 0.3) is 21.8 Å². The lowest BCUT2D eigenvalue weighted by Crippen LogP contribution is -2.31. The monoisotopic (exact) mass is 380 g/mol. The van der Waals surface area contributed by atoms with E-state index < -0.39 is 21.8 Å². The Hall–Kier alpha value is -2.38. The third-order valence-electron chi connectivity index (χ3n) is 3.79. The van der Waals surface area contributed by atoms with Gasteiger partial charge in [-0.15, -0.1) is 0 Å². The van der Waals surface area contributed by atoms with Gasteiger partial charge in [-0.3, -0.25) is 9.59 Å². The number of aryl methyl sites for hydroxylation is 1. The van der Waals surface area contributed by atoms with Crippen LogP contribution in [0.15, 0.2) is 41.3 Å². The second-order valence-electron chi connectivity index (χ2n) is 5.41. The first-order chi connectivity index (χ1) is 11.7. The van der Waals surface area contributed by atoms with Crippen LogP contribution in [0.5, 0.6) is 0 Å². The smallest absolute Gasteiger partial charge is 0.265 e. The van der Waals surface area contributed by atoms with E-state index in [-0.39, 0.29) is 21.0 Å². The van der Waals surface area contributed by atoms with Crippen molar-refractivity contribution < 1.29 is 18.0 Å². The number of carbonyl (C=O) groups excluding carboxylic acids is 2. The highest BCUT2D eigenvalue weighted by Gasteiger charge is 2.24. The van der Waals surface area contributed by atoms with Crippen molar-refractivity contribution in [2.24, 2.45) is 0 Å². The van der Waals surface area contributed by atoms with Crippen LogP contribution in [0.2, 0.25) is 5.02 Å². The Morgan fingerprint density at radius 3 is 2.36 bits per heavy atom. The average molecular weight is 381 g/mol. The minimum absolute atomic E-state index is 0.0890. The van der Waals surface area contributed by atoms with Crippen LogP contribution in [0, 0.1) is 13.8 Å². The molecule has 2 aromatic carbocycles. The number of rotatable bonds is 4. The number of nitrogens with one attached hydrogen (secondary N) is 2. The van der Waals surface area contributed by atoms with Gasteiger partial charge < -0.3 is 5.32 Å². The summed E-state index contributed by atoms with van der Waals surface area (Å²) in [4.78, 5) is 23.7. The van der Waals surface area contributed by atoms with E-state index in [0.717, 1.165) is 11.6 Å². The summed E-state index contributed by atoms with van der Waals surface area (Å²) in [5.74, 6) is -1.23. The van der Waals surface area contributed by atoms with Gasteiger partial charge >= 0.3 is 0 Å². The maximum Gasteiger partial charge on any atom is 0.265 e. The maximum absolute atomic E-state index is 12.5. The first-order valence-electron chi connectivity index (χ1n) is 7.32. The van der Waals surface area contributed by atoms with E-state index in [9.17, 15) is 18.0 Å². The fraction of sp³-hybridized carbons (Fsp3) is 0.176. The van der Waals surface area contributed by atoms with Gasteiger partial charge in [0.1, 0.15) is 4.90 Å². The van der Waals surface area contributed by atoms with Gasteiger partial charge in [-0.25, -0.2) is 13.1 Å². The quantitative estimate of drug-likeness (QED) is 0.852. The molecule has 2 rings (SSSR count). The predicted molar refractivity (Wildman–Crippen MR) is 95.4 cm³/mol. The van der Waals surface area contributed by atoms with Crippen molar-refractivity contribution in [2.75, 3.05) is 7.05 Å². The number of halogens is 1. The molecule has 2 N–H and O–H groups in total. The first kappa shape index (κ1) is 19.0. The van der Waals surface area contributed by atoms with Crippen molar-refractivity contribution in [3.63, 3.8) is 0 Å². The van der Waals surface area contributed by atoms with Crippen LogP contribution in [0.25, 0.3) is 0 Å². The molecule has 0 atom stereocenters. The largest absolute Gasteiger partial charge is 0.355 e. The molecule has 8 heteroatoms. The summed E-state index contributed by atoms with van der Waals surface area (Å²) < 4.78 is 27.1. The summed E-state index contributed by atoms with van der Waals surface area (Å²) in [7, 11) is -2.82. The van der Waals surface area contributed by atoms with E-state index in [1.165, 1.54) is 25.2 Å². The highest BCUT2D eigenvalue weighted by Crippen LogP contribution is 2.23. The Balaban J connectivity index is 2.41. The molecule has 0 aromatic heterocycles. The fourth-order valence-corrected chi connectivity index (χ4v) is 3.72. The molecule has 0 spiro atoms. The maximum atomic E-state index is 12.5. The third kappa shape index (κ3) is 4.00. The lowest BCUT2D eigenvalue weighted by molar-refractivity contribution is 0.0960. The molecule has 25 heavy (non-hydrogen) atoms. The second-order valence-corrected chi connectivity index (χ2v) is 7.46. The van der Waals surface area contributed by atoms with E-state index in [1.54, 1.807) is 13.0 Å². The minimum Gasteiger partial charge on any atom is -0.355 e. The zero-order chi connectivity index (χ0) is 18.8. The van der Waals surface area contributed by atoms with E-state index in [4.69, 9.17) is 11.6 Å². The number of carbonyl (C=O) groups is 2. The van der Waals surface area contributed by atoms with Crippen molar-refractivity contribution in [1.29, 1.82) is 0 Å². The summed E-state index contributed by atoms with van der Waals surface area (Å²) in [5.41, 5.74) is 1.92. The summed E-state index contributed by atoms with van der Waals surface area (Å²) in [6.45, 7) is 3.56.